The highest BCUT2D eigenvalue weighted by molar-refractivity contribution is 7.12. The molecule has 66 valence electrons. The summed E-state index contributed by atoms with van der Waals surface area (Å²) in [6, 6.07) is 0. The van der Waals surface area contributed by atoms with Gasteiger partial charge in [0.15, 0.2) is 0 Å². The van der Waals surface area contributed by atoms with Crippen molar-refractivity contribution in [2.75, 3.05) is 12.3 Å². The van der Waals surface area contributed by atoms with Gasteiger partial charge in [-0.25, -0.2) is 4.98 Å². The first kappa shape index (κ1) is 8.01. The van der Waals surface area contributed by atoms with E-state index in [1.165, 1.54) is 0 Å². The highest BCUT2D eigenvalue weighted by atomic mass is 32.1. The summed E-state index contributed by atoms with van der Waals surface area (Å²) < 4.78 is 5.50. The quantitative estimate of drug-likeness (QED) is 0.725. The number of aryl methyl sites for hydroxylation is 1. The number of ether oxygens (including phenoxy) is 1. The lowest BCUT2D eigenvalue weighted by molar-refractivity contribution is 0.112. The number of nitrogens with zero attached hydrogens (tertiary/aromatic N) is 1. The van der Waals surface area contributed by atoms with Crippen molar-refractivity contribution in [1.82, 2.24) is 4.98 Å². The van der Waals surface area contributed by atoms with Crippen LogP contribution in [-0.4, -0.2) is 11.6 Å². The molecular formula is C8H12N2OS. The molecule has 0 aliphatic carbocycles. The monoisotopic (exact) mass is 184 g/mol. The topological polar surface area (TPSA) is 48.1 Å². The largest absolute Gasteiger partial charge is 0.383 e. The second kappa shape index (κ2) is 3.03. The summed E-state index contributed by atoms with van der Waals surface area (Å²) in [5.74, 6) is 0.658. The minimum atomic E-state index is 0.214. The zero-order valence-corrected chi connectivity index (χ0v) is 7.86. The Balaban J connectivity index is 2.21. The Bertz CT molecular complexity index is 259. The number of hydrogen-bond acceptors (Lipinski definition) is 4. The van der Waals surface area contributed by atoms with E-state index in [0.717, 1.165) is 29.3 Å². The molecule has 1 aliphatic heterocycles. The van der Waals surface area contributed by atoms with Crippen LogP contribution < -0.4 is 5.73 Å². The third-order valence-electron chi connectivity index (χ3n) is 2.05. The molecule has 2 N–H and O–H groups in total. The van der Waals surface area contributed by atoms with Crippen LogP contribution in [0.15, 0.2) is 0 Å². The molecule has 1 aromatic rings. The summed E-state index contributed by atoms with van der Waals surface area (Å²) in [4.78, 5) is 5.36. The van der Waals surface area contributed by atoms with E-state index in [9.17, 15) is 0 Å². The molecule has 3 nitrogen and oxygen atoms in total. The van der Waals surface area contributed by atoms with Gasteiger partial charge in [0, 0.05) is 11.5 Å². The minimum absolute atomic E-state index is 0.214. The third-order valence-corrected chi connectivity index (χ3v) is 3.13. The van der Waals surface area contributed by atoms with Gasteiger partial charge >= 0.3 is 0 Å². The van der Waals surface area contributed by atoms with E-state index in [4.69, 9.17) is 10.5 Å². The van der Waals surface area contributed by atoms with Crippen LogP contribution >= 0.6 is 11.3 Å². The molecule has 2 rings (SSSR count). The maximum Gasteiger partial charge on any atom is 0.137 e. The second-order valence-corrected chi connectivity index (χ2v) is 4.23. The van der Waals surface area contributed by atoms with Crippen molar-refractivity contribution in [2.24, 2.45) is 0 Å². The maximum atomic E-state index is 5.65. The van der Waals surface area contributed by atoms with Crippen molar-refractivity contribution < 1.29 is 4.74 Å². The Labute approximate surface area is 75.6 Å². The predicted molar refractivity (Wildman–Crippen MR) is 49.2 cm³/mol. The Morgan fingerprint density at radius 2 is 2.50 bits per heavy atom. The predicted octanol–water partition coefficient (Wildman–Crippen LogP) is 1.89. The molecular weight excluding hydrogens is 172 g/mol. The van der Waals surface area contributed by atoms with E-state index in [1.54, 1.807) is 11.3 Å². The van der Waals surface area contributed by atoms with Gasteiger partial charge in [0.05, 0.1) is 0 Å². The molecule has 2 heterocycles. The van der Waals surface area contributed by atoms with Gasteiger partial charge in [0.25, 0.3) is 0 Å². The van der Waals surface area contributed by atoms with E-state index < -0.39 is 0 Å². The molecule has 1 fully saturated rings. The molecule has 0 saturated carbocycles. The average Bonchev–Trinajstić information content (AvgIpc) is 2.61. The summed E-state index contributed by atoms with van der Waals surface area (Å²) in [6.07, 6.45) is 2.45. The fourth-order valence-corrected chi connectivity index (χ4v) is 2.26. The van der Waals surface area contributed by atoms with Crippen LogP contribution in [0.25, 0.3) is 0 Å². The van der Waals surface area contributed by atoms with Gasteiger partial charge in [-0.1, -0.05) is 0 Å². The van der Waals surface area contributed by atoms with Crippen molar-refractivity contribution in [2.45, 2.75) is 25.9 Å². The number of hydrogen-bond donors (Lipinski definition) is 1. The van der Waals surface area contributed by atoms with Crippen molar-refractivity contribution in [3.63, 3.8) is 0 Å². The van der Waals surface area contributed by atoms with Crippen molar-refractivity contribution >= 4 is 17.2 Å². The third kappa shape index (κ3) is 1.32. The Morgan fingerprint density at radius 3 is 3.00 bits per heavy atom. The van der Waals surface area contributed by atoms with Crippen LogP contribution in [0.1, 0.15) is 28.8 Å². The Kier molecular flexibility index (Phi) is 2.02. The smallest absolute Gasteiger partial charge is 0.137 e. The fraction of sp³-hybridized carbons (Fsp3) is 0.625. The lowest BCUT2D eigenvalue weighted by Crippen LogP contribution is -1.95. The van der Waals surface area contributed by atoms with E-state index in [-0.39, 0.29) is 6.10 Å². The lowest BCUT2D eigenvalue weighted by Gasteiger charge is -2.02. The summed E-state index contributed by atoms with van der Waals surface area (Å²) in [7, 11) is 0. The summed E-state index contributed by atoms with van der Waals surface area (Å²) in [5.41, 5.74) is 5.65. The number of nitrogen functional groups attached to an aromatic ring is 1. The standard InChI is InChI=1S/C8H12N2OS/c1-5-7(9)10-8(12-5)6-3-2-4-11-6/h6H,2-4,9H2,1H3. The molecule has 0 radical (unpaired) electrons. The van der Waals surface area contributed by atoms with Crippen LogP contribution in [0.5, 0.6) is 0 Å². The lowest BCUT2D eigenvalue weighted by atomic mass is 10.2. The molecule has 0 amide bonds. The molecule has 1 saturated heterocycles. The molecule has 1 aromatic heterocycles. The first-order chi connectivity index (χ1) is 5.77. The number of rotatable bonds is 1. The first-order valence-electron chi connectivity index (χ1n) is 4.12. The van der Waals surface area contributed by atoms with Crippen molar-refractivity contribution in [1.29, 1.82) is 0 Å². The minimum Gasteiger partial charge on any atom is -0.383 e. The van der Waals surface area contributed by atoms with Gasteiger partial charge in [-0.15, -0.1) is 11.3 Å². The summed E-state index contributed by atoms with van der Waals surface area (Å²) in [6.45, 7) is 2.86. The van der Waals surface area contributed by atoms with Gasteiger partial charge < -0.3 is 10.5 Å². The molecule has 0 spiro atoms. The number of nitrogens with two attached hydrogens (primary N) is 1. The van der Waals surface area contributed by atoms with Crippen LogP contribution in [-0.2, 0) is 4.74 Å². The Morgan fingerprint density at radius 1 is 1.67 bits per heavy atom. The molecule has 1 atom stereocenters. The van der Waals surface area contributed by atoms with Crippen LogP contribution in [0.4, 0.5) is 5.82 Å². The zero-order valence-electron chi connectivity index (χ0n) is 7.04. The van der Waals surface area contributed by atoms with Gasteiger partial charge in [-0.3, -0.25) is 0 Å². The molecule has 1 aliphatic rings. The summed E-state index contributed by atoms with van der Waals surface area (Å²) in [5, 5.41) is 1.04. The molecule has 4 heteroatoms. The highest BCUT2D eigenvalue weighted by Gasteiger charge is 2.21. The van der Waals surface area contributed by atoms with Crippen LogP contribution in [0, 0.1) is 6.92 Å². The summed E-state index contributed by atoms with van der Waals surface area (Å²) >= 11 is 1.65. The van der Waals surface area contributed by atoms with E-state index >= 15 is 0 Å². The van der Waals surface area contributed by atoms with Crippen LogP contribution in [0.3, 0.4) is 0 Å². The number of aromatic nitrogens is 1. The highest BCUT2D eigenvalue weighted by Crippen LogP contribution is 2.33. The van der Waals surface area contributed by atoms with E-state index in [0.29, 0.717) is 5.82 Å². The van der Waals surface area contributed by atoms with Crippen LogP contribution in [0.2, 0.25) is 0 Å². The second-order valence-electron chi connectivity index (χ2n) is 3.00. The molecule has 0 aromatic carbocycles. The SMILES string of the molecule is Cc1sc(C2CCCO2)nc1N. The normalized spacial score (nSPS) is 23.2. The zero-order chi connectivity index (χ0) is 8.55. The van der Waals surface area contributed by atoms with Crippen molar-refractivity contribution in [3.8, 4) is 0 Å². The first-order valence-corrected chi connectivity index (χ1v) is 4.93. The van der Waals surface area contributed by atoms with Gasteiger partial charge in [-0.05, 0) is 19.8 Å². The fourth-order valence-electron chi connectivity index (χ4n) is 1.34. The van der Waals surface area contributed by atoms with Crippen molar-refractivity contribution in [3.05, 3.63) is 9.88 Å². The molecule has 0 bridgehead atoms. The van der Waals surface area contributed by atoms with Gasteiger partial charge in [0.2, 0.25) is 0 Å². The number of thiazole rings is 1. The Hall–Kier alpha value is -0.610. The molecule has 12 heavy (non-hydrogen) atoms. The molecule has 1 unspecified atom stereocenters. The van der Waals surface area contributed by atoms with Gasteiger partial charge in [-0.2, -0.15) is 0 Å². The maximum absolute atomic E-state index is 5.65. The average molecular weight is 184 g/mol. The van der Waals surface area contributed by atoms with Gasteiger partial charge in [0.1, 0.15) is 16.9 Å². The van der Waals surface area contributed by atoms with E-state index in [1.807, 2.05) is 6.92 Å². The van der Waals surface area contributed by atoms with E-state index in [2.05, 4.69) is 4.98 Å². The number of anilines is 1.